The number of esters is 4. The Morgan fingerprint density at radius 2 is 0.841 bits per heavy atom. The van der Waals surface area contributed by atoms with Crippen molar-refractivity contribution >= 4 is 59.0 Å². The van der Waals surface area contributed by atoms with Gasteiger partial charge < -0.3 is 30.3 Å². The second-order valence-corrected chi connectivity index (χ2v) is 14.2. The molecule has 0 spiro atoms. The Hall–Kier alpha value is -8.73. The van der Waals surface area contributed by atoms with Crippen LogP contribution in [0.3, 0.4) is 0 Å². The molecular formula is C46H25F3N2O12. The summed E-state index contributed by atoms with van der Waals surface area (Å²) in [6, 6.07) is 22.8. The van der Waals surface area contributed by atoms with Crippen molar-refractivity contribution in [3.05, 3.63) is 165 Å². The number of aromatic carboxylic acids is 2. The molecule has 6 aromatic rings. The number of hydrogen-bond acceptors (Lipinski definition) is 10. The molecule has 0 radical (unpaired) electrons. The summed E-state index contributed by atoms with van der Waals surface area (Å²) in [7, 11) is 0. The number of amides is 2. The van der Waals surface area contributed by atoms with Crippen molar-refractivity contribution in [2.75, 3.05) is 10.6 Å². The third-order valence-electron chi connectivity index (χ3n) is 10.3. The zero-order valence-corrected chi connectivity index (χ0v) is 32.0. The van der Waals surface area contributed by atoms with E-state index in [4.69, 9.17) is 0 Å². The first-order chi connectivity index (χ1) is 29.9. The molecule has 0 bridgehead atoms. The van der Waals surface area contributed by atoms with Crippen LogP contribution in [0.4, 0.5) is 24.5 Å². The molecule has 2 aliphatic rings. The number of rotatable bonds is 9. The fourth-order valence-electron chi connectivity index (χ4n) is 7.26. The molecular weight excluding hydrogens is 830 g/mol. The third kappa shape index (κ3) is 7.65. The van der Waals surface area contributed by atoms with Gasteiger partial charge in [0.15, 0.2) is 0 Å². The normalized spacial score (nSPS) is 12.9. The second kappa shape index (κ2) is 15.4. The average Bonchev–Trinajstić information content (AvgIpc) is 3.70. The van der Waals surface area contributed by atoms with Gasteiger partial charge in [-0.2, -0.15) is 13.2 Å². The van der Waals surface area contributed by atoms with Gasteiger partial charge in [-0.25, -0.2) is 28.8 Å². The summed E-state index contributed by atoms with van der Waals surface area (Å²) in [5.74, 6) is -8.28. The number of cyclic esters (lactones) is 4. The van der Waals surface area contributed by atoms with E-state index in [-0.39, 0.29) is 67.0 Å². The lowest BCUT2D eigenvalue weighted by atomic mass is 9.94. The SMILES string of the molecule is Cc1cc(NC(=O)c2cc(-c3ccc4c(c3)C(=O)OC4=O)ccc2C(=O)O)ccc1-c1ccc(NC(=O)c2cc(-c3ccc4c(c3)C(=O)OC4=O)ccc2C(=O)O)cc1C(F)(F)F. The number of carbonyl (C=O) groups is 8. The van der Waals surface area contributed by atoms with Crippen LogP contribution in [-0.4, -0.2) is 57.8 Å². The molecule has 17 heteroatoms. The molecule has 14 nitrogen and oxygen atoms in total. The van der Waals surface area contributed by atoms with E-state index in [0.717, 1.165) is 12.1 Å². The quantitative estimate of drug-likeness (QED) is 0.0794. The smallest absolute Gasteiger partial charge is 0.417 e. The second-order valence-electron chi connectivity index (χ2n) is 14.2. The summed E-state index contributed by atoms with van der Waals surface area (Å²) in [5.41, 5.74) is -1.62. The number of benzene rings is 6. The van der Waals surface area contributed by atoms with Crippen LogP contribution in [0.25, 0.3) is 33.4 Å². The van der Waals surface area contributed by atoms with Crippen LogP contribution in [-0.2, 0) is 15.7 Å². The number of carboxylic acid groups (broad SMARTS) is 2. The number of carboxylic acids is 2. The number of halogens is 3. The van der Waals surface area contributed by atoms with Gasteiger partial charge in [0.05, 0.1) is 50.1 Å². The lowest BCUT2D eigenvalue weighted by molar-refractivity contribution is -0.137. The Morgan fingerprint density at radius 3 is 1.27 bits per heavy atom. The number of ether oxygens (including phenoxy) is 2. The third-order valence-corrected chi connectivity index (χ3v) is 10.3. The Bertz CT molecular complexity index is 3100. The maximum atomic E-state index is 14.7. The standard InChI is InChI=1S/C46H25F3N2O12/c1-20-14-25(50-38(52)33-15-21(2-8-29(33)40(54)55)23-4-10-31-35(17-23)44(60)62-42(31)58)6-12-27(20)28-13-7-26(19-37(28)46(47,48)49)51-39(53)34-16-22(3-9-30(34)41(56)57)24-5-11-32-36(18-24)45(61)63-43(32)59/h2-19H,1H3,(H,50,52)(H,51,53)(H,54,55)(H,56,57). The van der Waals surface area contributed by atoms with Gasteiger partial charge in [-0.1, -0.05) is 36.4 Å². The van der Waals surface area contributed by atoms with E-state index in [9.17, 15) is 61.7 Å². The van der Waals surface area contributed by atoms with Gasteiger partial charge in [-0.15, -0.1) is 0 Å². The first-order valence-corrected chi connectivity index (χ1v) is 18.4. The number of aryl methyl sites for hydroxylation is 1. The van der Waals surface area contributed by atoms with Crippen LogP contribution in [0.1, 0.15) is 94.0 Å². The number of alkyl halides is 3. The highest BCUT2D eigenvalue weighted by Gasteiger charge is 2.35. The predicted octanol–water partition coefficient (Wildman–Crippen LogP) is 8.54. The van der Waals surface area contributed by atoms with Crippen LogP contribution < -0.4 is 10.6 Å². The highest BCUT2D eigenvalue weighted by Crippen LogP contribution is 2.41. The van der Waals surface area contributed by atoms with Crippen molar-refractivity contribution in [1.29, 1.82) is 0 Å². The van der Waals surface area contributed by atoms with Gasteiger partial charge in [-0.3, -0.25) is 9.59 Å². The molecule has 8 rings (SSSR count). The zero-order chi connectivity index (χ0) is 45.1. The van der Waals surface area contributed by atoms with Crippen molar-refractivity contribution < 1.29 is 71.2 Å². The van der Waals surface area contributed by atoms with Gasteiger partial charge in [0.1, 0.15) is 0 Å². The number of hydrogen-bond donors (Lipinski definition) is 4. The minimum Gasteiger partial charge on any atom is -0.478 e. The van der Waals surface area contributed by atoms with Gasteiger partial charge in [-0.05, 0) is 119 Å². The number of anilines is 2. The van der Waals surface area contributed by atoms with Gasteiger partial charge in [0.25, 0.3) is 11.8 Å². The van der Waals surface area contributed by atoms with E-state index < -0.39 is 70.5 Å². The summed E-state index contributed by atoms with van der Waals surface area (Å²) in [5, 5.41) is 24.6. The Kier molecular flexibility index (Phi) is 10.0. The molecule has 2 amide bonds. The molecule has 0 aromatic heterocycles. The van der Waals surface area contributed by atoms with Crippen molar-refractivity contribution in [2.45, 2.75) is 13.1 Å². The highest BCUT2D eigenvalue weighted by atomic mass is 19.4. The Morgan fingerprint density at radius 1 is 0.460 bits per heavy atom. The Labute approximate surface area is 351 Å². The minimum absolute atomic E-state index is 0.00422. The summed E-state index contributed by atoms with van der Waals surface area (Å²) < 4.78 is 53.2. The average molecular weight is 855 g/mol. The molecule has 2 heterocycles. The number of fused-ring (bicyclic) bond motifs is 2. The summed E-state index contributed by atoms with van der Waals surface area (Å²) in [6.07, 6.45) is -4.97. The van der Waals surface area contributed by atoms with E-state index >= 15 is 0 Å². The van der Waals surface area contributed by atoms with Crippen LogP contribution in [0, 0.1) is 6.92 Å². The molecule has 63 heavy (non-hydrogen) atoms. The predicted molar refractivity (Wildman–Crippen MR) is 215 cm³/mol. The van der Waals surface area contributed by atoms with E-state index in [1.54, 1.807) is 0 Å². The monoisotopic (exact) mass is 854 g/mol. The maximum Gasteiger partial charge on any atom is 0.417 e. The van der Waals surface area contributed by atoms with Crippen molar-refractivity contribution in [3.8, 4) is 33.4 Å². The first kappa shape index (κ1) is 41.0. The topological polar surface area (TPSA) is 220 Å². The largest absolute Gasteiger partial charge is 0.478 e. The molecule has 0 unspecified atom stereocenters. The van der Waals surface area contributed by atoms with Gasteiger partial charge >= 0.3 is 42.0 Å². The van der Waals surface area contributed by atoms with E-state index in [0.29, 0.717) is 22.8 Å². The lowest BCUT2D eigenvalue weighted by Crippen LogP contribution is -2.17. The maximum absolute atomic E-state index is 14.7. The van der Waals surface area contributed by atoms with Crippen LogP contribution >= 0.6 is 0 Å². The summed E-state index contributed by atoms with van der Waals surface area (Å²) in [6.45, 7) is 1.48. The van der Waals surface area contributed by atoms with Gasteiger partial charge in [0, 0.05) is 11.4 Å². The molecule has 0 atom stereocenters. The van der Waals surface area contributed by atoms with E-state index in [1.807, 2.05) is 0 Å². The molecule has 0 aliphatic carbocycles. The molecule has 6 aromatic carbocycles. The van der Waals surface area contributed by atoms with Crippen LogP contribution in [0.5, 0.6) is 0 Å². The van der Waals surface area contributed by atoms with Crippen molar-refractivity contribution in [1.82, 2.24) is 0 Å². The lowest BCUT2D eigenvalue weighted by Gasteiger charge is -2.18. The molecule has 0 fully saturated rings. The zero-order valence-electron chi connectivity index (χ0n) is 32.0. The van der Waals surface area contributed by atoms with Gasteiger partial charge in [0.2, 0.25) is 0 Å². The van der Waals surface area contributed by atoms with Crippen LogP contribution in [0.15, 0.2) is 109 Å². The summed E-state index contributed by atoms with van der Waals surface area (Å²) >= 11 is 0. The highest BCUT2D eigenvalue weighted by molar-refractivity contribution is 6.17. The van der Waals surface area contributed by atoms with Crippen LogP contribution in [0.2, 0.25) is 0 Å². The fourth-order valence-corrected chi connectivity index (χ4v) is 7.26. The number of carbonyl (C=O) groups excluding carboxylic acids is 6. The van der Waals surface area contributed by atoms with Crippen molar-refractivity contribution in [2.24, 2.45) is 0 Å². The van der Waals surface area contributed by atoms with E-state index in [1.165, 1.54) is 97.9 Å². The van der Waals surface area contributed by atoms with Crippen molar-refractivity contribution in [3.63, 3.8) is 0 Å². The summed E-state index contributed by atoms with van der Waals surface area (Å²) in [4.78, 5) is 99.3. The van der Waals surface area contributed by atoms with E-state index in [2.05, 4.69) is 20.1 Å². The molecule has 2 aliphatic heterocycles. The molecule has 0 saturated heterocycles. The molecule has 4 N–H and O–H groups in total. The first-order valence-electron chi connectivity index (χ1n) is 18.4. The fraction of sp³-hybridized carbons (Fsp3) is 0.0435. The Balaban J connectivity index is 1.05. The molecule has 0 saturated carbocycles. The minimum atomic E-state index is -4.97. The molecule has 312 valence electrons. The number of nitrogens with one attached hydrogen (secondary N) is 2.